The third-order valence-electron chi connectivity index (χ3n) is 3.27. The summed E-state index contributed by atoms with van der Waals surface area (Å²) in [6.07, 6.45) is 1.21. The lowest BCUT2D eigenvalue weighted by Crippen LogP contribution is -2.33. The van der Waals surface area contributed by atoms with Crippen molar-refractivity contribution in [1.82, 2.24) is 10.6 Å². The van der Waals surface area contributed by atoms with Crippen LogP contribution in [0.3, 0.4) is 0 Å². The second-order valence-corrected chi connectivity index (χ2v) is 4.92. The Bertz CT molecular complexity index is 847. The molecule has 0 spiro atoms. The molecule has 0 unspecified atom stereocenters. The van der Waals surface area contributed by atoms with Crippen molar-refractivity contribution in [1.29, 1.82) is 0 Å². The molecule has 2 rings (SSSR count). The summed E-state index contributed by atoms with van der Waals surface area (Å²) in [5.41, 5.74) is -0.0695. The highest BCUT2D eigenvalue weighted by Crippen LogP contribution is 2.14. The molecule has 2 aromatic rings. The molecule has 0 fully saturated rings. The van der Waals surface area contributed by atoms with Gasteiger partial charge in [-0.15, -0.1) is 0 Å². The van der Waals surface area contributed by atoms with Crippen LogP contribution in [0.1, 0.15) is 15.9 Å². The zero-order valence-corrected chi connectivity index (χ0v) is 13.2. The minimum Gasteiger partial charge on any atom is -0.354 e. The summed E-state index contributed by atoms with van der Waals surface area (Å²) in [6.45, 7) is 0. The van der Waals surface area contributed by atoms with Crippen molar-refractivity contribution in [2.75, 3.05) is 7.05 Å². The van der Waals surface area contributed by atoms with E-state index in [0.717, 1.165) is 0 Å². The van der Waals surface area contributed by atoms with E-state index in [-0.39, 0.29) is 22.5 Å². The van der Waals surface area contributed by atoms with E-state index in [1.165, 1.54) is 55.6 Å². The molecule has 2 N–H and O–H groups in total. The number of nitrogens with one attached hydrogen (secondary N) is 2. The van der Waals surface area contributed by atoms with Crippen LogP contribution in [0.4, 0.5) is 10.1 Å². The third-order valence-corrected chi connectivity index (χ3v) is 3.27. The van der Waals surface area contributed by atoms with Gasteiger partial charge in [-0.3, -0.25) is 19.7 Å². The average Bonchev–Trinajstić information content (AvgIpc) is 2.62. The second kappa shape index (κ2) is 7.82. The molecule has 0 aromatic heterocycles. The van der Waals surface area contributed by atoms with Crippen LogP contribution in [-0.4, -0.2) is 23.8 Å². The fourth-order valence-corrected chi connectivity index (χ4v) is 1.97. The quantitative estimate of drug-likeness (QED) is 0.494. The van der Waals surface area contributed by atoms with Gasteiger partial charge in [-0.25, -0.2) is 4.39 Å². The van der Waals surface area contributed by atoms with E-state index in [0.29, 0.717) is 0 Å². The third kappa shape index (κ3) is 4.47. The van der Waals surface area contributed by atoms with Crippen molar-refractivity contribution in [2.24, 2.45) is 0 Å². The number of likely N-dealkylation sites (N-methyl/N-ethyl adjacent to an activating group) is 1. The molecule has 8 heteroatoms. The zero-order chi connectivity index (χ0) is 18.4. The smallest absolute Gasteiger partial charge is 0.269 e. The fourth-order valence-electron chi connectivity index (χ4n) is 1.97. The maximum absolute atomic E-state index is 13.7. The topological polar surface area (TPSA) is 101 Å². The van der Waals surface area contributed by atoms with E-state index in [1.54, 1.807) is 6.07 Å². The number of benzene rings is 2. The molecule has 2 aromatic carbocycles. The van der Waals surface area contributed by atoms with Crippen molar-refractivity contribution in [3.05, 3.63) is 81.3 Å². The first-order chi connectivity index (χ1) is 11.9. The summed E-state index contributed by atoms with van der Waals surface area (Å²) in [4.78, 5) is 34.2. The number of hydrogen-bond donors (Lipinski definition) is 2. The van der Waals surface area contributed by atoms with Crippen LogP contribution < -0.4 is 10.6 Å². The van der Waals surface area contributed by atoms with Gasteiger partial charge in [0.05, 0.1) is 4.92 Å². The molecule has 0 saturated heterocycles. The molecule has 0 bridgehead atoms. The van der Waals surface area contributed by atoms with Crippen LogP contribution in [-0.2, 0) is 4.79 Å². The lowest BCUT2D eigenvalue weighted by atomic mass is 10.1. The molecule has 0 aliphatic rings. The largest absolute Gasteiger partial charge is 0.354 e. The van der Waals surface area contributed by atoms with Gasteiger partial charge >= 0.3 is 0 Å². The molecule has 25 heavy (non-hydrogen) atoms. The molecule has 0 heterocycles. The first-order valence-corrected chi connectivity index (χ1v) is 7.16. The Morgan fingerprint density at radius 3 is 2.32 bits per heavy atom. The number of nitrogens with zero attached hydrogens (tertiary/aromatic N) is 1. The molecule has 2 amide bonds. The van der Waals surface area contributed by atoms with Crippen molar-refractivity contribution in [3.63, 3.8) is 0 Å². The van der Waals surface area contributed by atoms with E-state index in [4.69, 9.17) is 0 Å². The molecule has 0 atom stereocenters. The molecule has 0 radical (unpaired) electrons. The SMILES string of the molecule is CNC(=O)C(=Cc1ccccc1F)NC(=O)c1ccc([N+](=O)[O-])cc1. The van der Waals surface area contributed by atoms with Gasteiger partial charge in [-0.1, -0.05) is 18.2 Å². The van der Waals surface area contributed by atoms with Crippen LogP contribution in [0, 0.1) is 15.9 Å². The summed E-state index contributed by atoms with van der Waals surface area (Å²) in [5, 5.41) is 15.4. The van der Waals surface area contributed by atoms with E-state index in [1.807, 2.05) is 0 Å². The number of nitro benzene ring substituents is 1. The lowest BCUT2D eigenvalue weighted by molar-refractivity contribution is -0.384. The minimum atomic E-state index is -0.652. The van der Waals surface area contributed by atoms with Gasteiger partial charge in [0.1, 0.15) is 11.5 Å². The van der Waals surface area contributed by atoms with Crippen LogP contribution >= 0.6 is 0 Å². The summed E-state index contributed by atoms with van der Waals surface area (Å²) in [7, 11) is 1.37. The van der Waals surface area contributed by atoms with Crippen LogP contribution in [0.2, 0.25) is 0 Å². The van der Waals surface area contributed by atoms with Gasteiger partial charge in [-0.2, -0.15) is 0 Å². The molecule has 0 saturated carbocycles. The summed E-state index contributed by atoms with van der Waals surface area (Å²) in [5.74, 6) is -1.81. The van der Waals surface area contributed by atoms with E-state index in [2.05, 4.69) is 10.6 Å². The fraction of sp³-hybridized carbons (Fsp3) is 0.0588. The Morgan fingerprint density at radius 2 is 1.76 bits per heavy atom. The van der Waals surface area contributed by atoms with E-state index in [9.17, 15) is 24.1 Å². The van der Waals surface area contributed by atoms with Gasteiger partial charge in [0.25, 0.3) is 17.5 Å². The summed E-state index contributed by atoms with van der Waals surface area (Å²) < 4.78 is 13.7. The molecule has 0 aliphatic heterocycles. The minimum absolute atomic E-state index is 0.119. The number of amides is 2. The first kappa shape index (κ1) is 17.8. The number of halogens is 1. The van der Waals surface area contributed by atoms with Gasteiger partial charge in [0.2, 0.25) is 0 Å². The highest BCUT2D eigenvalue weighted by Gasteiger charge is 2.15. The second-order valence-electron chi connectivity index (χ2n) is 4.92. The standard InChI is InChI=1S/C17H14FN3O4/c1-19-17(23)15(10-12-4-2-3-5-14(12)18)20-16(22)11-6-8-13(9-7-11)21(24)25/h2-10H,1H3,(H,19,23)(H,20,22). The Morgan fingerprint density at radius 1 is 1.12 bits per heavy atom. The maximum Gasteiger partial charge on any atom is 0.269 e. The number of nitro groups is 1. The average molecular weight is 343 g/mol. The number of non-ortho nitro benzene ring substituents is 1. The van der Waals surface area contributed by atoms with E-state index >= 15 is 0 Å². The van der Waals surface area contributed by atoms with Gasteiger partial charge in [-0.05, 0) is 24.3 Å². The van der Waals surface area contributed by atoms with Gasteiger partial charge < -0.3 is 10.6 Å². The highest BCUT2D eigenvalue weighted by molar-refractivity contribution is 6.05. The van der Waals surface area contributed by atoms with Crippen molar-refractivity contribution in [3.8, 4) is 0 Å². The Labute approximate surface area is 142 Å². The van der Waals surface area contributed by atoms with Gasteiger partial charge in [0.15, 0.2) is 0 Å². The summed E-state index contributed by atoms with van der Waals surface area (Å²) in [6, 6.07) is 10.7. The molecule has 7 nitrogen and oxygen atoms in total. The molecule has 128 valence electrons. The van der Waals surface area contributed by atoms with Crippen molar-refractivity contribution in [2.45, 2.75) is 0 Å². The van der Waals surface area contributed by atoms with E-state index < -0.39 is 22.6 Å². The predicted octanol–water partition coefficient (Wildman–Crippen LogP) is 2.25. The van der Waals surface area contributed by atoms with Crippen LogP contribution in [0.25, 0.3) is 6.08 Å². The zero-order valence-electron chi connectivity index (χ0n) is 13.2. The van der Waals surface area contributed by atoms with Crippen molar-refractivity contribution < 1.29 is 18.9 Å². The molecule has 0 aliphatic carbocycles. The Balaban J connectivity index is 2.28. The normalized spacial score (nSPS) is 10.9. The number of carbonyl (C=O) groups excluding carboxylic acids is 2. The number of carbonyl (C=O) groups is 2. The molecular formula is C17H14FN3O4. The number of hydrogen-bond acceptors (Lipinski definition) is 4. The Hall–Kier alpha value is -3.55. The first-order valence-electron chi connectivity index (χ1n) is 7.16. The maximum atomic E-state index is 13.7. The summed E-state index contributed by atoms with van der Waals surface area (Å²) >= 11 is 0. The molecular weight excluding hydrogens is 329 g/mol. The monoisotopic (exact) mass is 343 g/mol. The predicted molar refractivity (Wildman–Crippen MR) is 89.0 cm³/mol. The Kier molecular flexibility index (Phi) is 5.57. The lowest BCUT2D eigenvalue weighted by Gasteiger charge is -2.09. The number of rotatable bonds is 5. The highest BCUT2D eigenvalue weighted by atomic mass is 19.1. The van der Waals surface area contributed by atoms with Crippen LogP contribution in [0.5, 0.6) is 0 Å². The van der Waals surface area contributed by atoms with Crippen molar-refractivity contribution >= 4 is 23.6 Å². The van der Waals surface area contributed by atoms with Crippen LogP contribution in [0.15, 0.2) is 54.2 Å². The van der Waals surface area contributed by atoms with Gasteiger partial charge in [0, 0.05) is 30.3 Å².